The smallest absolute Gasteiger partial charge is 0.378 e. The van der Waals surface area contributed by atoms with Crippen molar-refractivity contribution in [3.8, 4) is 11.8 Å². The Morgan fingerprint density at radius 2 is 1.61 bits per heavy atom. The molecule has 1 aliphatic heterocycles. The molecule has 1 saturated carbocycles. The first-order valence-corrected chi connectivity index (χ1v) is 13.0. The maximum absolute atomic E-state index is 14.7. The van der Waals surface area contributed by atoms with Crippen LogP contribution in [0.15, 0.2) is 18.2 Å². The van der Waals surface area contributed by atoms with Crippen LogP contribution in [0.25, 0.3) is 10.8 Å². The summed E-state index contributed by atoms with van der Waals surface area (Å²) in [4.78, 5) is 0. The molecule has 2 aliphatic rings. The predicted octanol–water partition coefficient (Wildman–Crippen LogP) is 8.51. The largest absolute Gasteiger partial charge is 0.458 e. The van der Waals surface area contributed by atoms with Crippen LogP contribution >= 0.6 is 0 Å². The Bertz CT molecular complexity index is 1110. The van der Waals surface area contributed by atoms with Gasteiger partial charge in [0, 0.05) is 5.92 Å². The number of ether oxygens (including phenoxy) is 1. The lowest BCUT2D eigenvalue weighted by atomic mass is 9.73. The van der Waals surface area contributed by atoms with Crippen LogP contribution in [0.5, 0.6) is 0 Å². The fourth-order valence-corrected chi connectivity index (χ4v) is 5.97. The number of hydrogen-bond acceptors (Lipinski definition) is 1. The van der Waals surface area contributed by atoms with Crippen molar-refractivity contribution < 1.29 is 31.1 Å². The van der Waals surface area contributed by atoms with Gasteiger partial charge in [-0.25, -0.2) is 13.2 Å². The molecule has 0 aromatic heterocycles. The maximum Gasteiger partial charge on any atom is 0.458 e. The summed E-state index contributed by atoms with van der Waals surface area (Å²) < 4.78 is 86.8. The summed E-state index contributed by atoms with van der Waals surface area (Å²) in [5.74, 6) is 0.890. The molecule has 1 aliphatic carbocycles. The molecule has 0 bridgehead atoms. The van der Waals surface area contributed by atoms with Crippen molar-refractivity contribution in [2.45, 2.75) is 83.4 Å². The molecule has 0 N–H and O–H groups in total. The summed E-state index contributed by atoms with van der Waals surface area (Å²) >= 11 is 0. The van der Waals surface area contributed by atoms with Crippen molar-refractivity contribution in [1.82, 2.24) is 0 Å². The van der Waals surface area contributed by atoms with E-state index in [1.54, 1.807) is 0 Å². The van der Waals surface area contributed by atoms with Gasteiger partial charge >= 0.3 is 6.18 Å². The molecular weight excluding hydrogens is 478 g/mol. The van der Waals surface area contributed by atoms with Gasteiger partial charge in [0.15, 0.2) is 5.82 Å². The lowest BCUT2D eigenvalue weighted by Crippen LogP contribution is -2.32. The van der Waals surface area contributed by atoms with E-state index >= 15 is 0 Å². The van der Waals surface area contributed by atoms with E-state index < -0.39 is 34.6 Å². The van der Waals surface area contributed by atoms with Gasteiger partial charge in [-0.3, -0.25) is 0 Å². The van der Waals surface area contributed by atoms with Crippen LogP contribution in [-0.2, 0) is 11.2 Å². The zero-order valence-electron chi connectivity index (χ0n) is 20.5. The molecular formula is C29H32F6O. The van der Waals surface area contributed by atoms with Crippen LogP contribution in [-0.4, -0.2) is 18.9 Å². The second-order valence-corrected chi connectivity index (χ2v) is 10.4. The Morgan fingerprint density at radius 1 is 0.889 bits per heavy atom. The molecule has 2 fully saturated rings. The molecule has 0 radical (unpaired) electrons. The molecule has 2 aromatic rings. The Kier molecular flexibility index (Phi) is 8.55. The van der Waals surface area contributed by atoms with Crippen molar-refractivity contribution in [2.24, 2.45) is 17.8 Å². The SMILES string of the molecule is CCCC1CCC(C2CCC(CCc3cc(F)c4c(F)c(C#CC(F)(F)F)c(F)cc4c3)OC2)CC1. The fraction of sp³-hybridized carbons (Fsp3) is 0.586. The van der Waals surface area contributed by atoms with Gasteiger partial charge in [-0.15, -0.1) is 0 Å². The Balaban J connectivity index is 1.36. The number of halogens is 6. The zero-order valence-corrected chi connectivity index (χ0v) is 20.5. The van der Waals surface area contributed by atoms with Crippen molar-refractivity contribution in [2.75, 3.05) is 6.61 Å². The molecule has 0 spiro atoms. The normalized spacial score (nSPS) is 25.0. The van der Waals surface area contributed by atoms with Gasteiger partial charge in [-0.05, 0) is 79.4 Å². The van der Waals surface area contributed by atoms with Gasteiger partial charge in [0.05, 0.1) is 23.7 Å². The van der Waals surface area contributed by atoms with Crippen molar-refractivity contribution in [3.05, 3.63) is 46.8 Å². The van der Waals surface area contributed by atoms with E-state index in [1.165, 1.54) is 50.5 Å². The quantitative estimate of drug-likeness (QED) is 0.280. The van der Waals surface area contributed by atoms with Gasteiger partial charge in [-0.1, -0.05) is 44.6 Å². The van der Waals surface area contributed by atoms with Gasteiger partial charge < -0.3 is 4.74 Å². The molecule has 4 rings (SSSR count). The van der Waals surface area contributed by atoms with Gasteiger partial charge in [0.1, 0.15) is 11.6 Å². The second kappa shape index (κ2) is 11.5. The summed E-state index contributed by atoms with van der Waals surface area (Å²) in [5.41, 5.74) is -0.525. The third-order valence-corrected chi connectivity index (χ3v) is 7.89. The maximum atomic E-state index is 14.7. The standard InChI is InChI=1S/C29H32F6O/c1-2-3-18-4-7-20(8-5-18)21-9-11-23(36-17-21)10-6-19-14-22-16-25(30)24(12-13-29(33,34)35)28(32)27(22)26(31)15-19/h14-16,18,20-21,23H,2-11,17H2,1H3. The molecule has 196 valence electrons. The highest BCUT2D eigenvalue weighted by Gasteiger charge is 2.31. The predicted molar refractivity (Wildman–Crippen MR) is 128 cm³/mol. The molecule has 7 heteroatoms. The summed E-state index contributed by atoms with van der Waals surface area (Å²) in [7, 11) is 0. The molecule has 2 atom stereocenters. The monoisotopic (exact) mass is 510 g/mol. The Morgan fingerprint density at radius 3 is 2.25 bits per heavy atom. The van der Waals surface area contributed by atoms with E-state index in [1.807, 2.05) is 0 Å². The topological polar surface area (TPSA) is 9.23 Å². The number of fused-ring (bicyclic) bond motifs is 1. The van der Waals surface area contributed by atoms with Crippen LogP contribution in [0.1, 0.15) is 75.8 Å². The minimum atomic E-state index is -4.91. The van der Waals surface area contributed by atoms with Crippen LogP contribution < -0.4 is 0 Å². The van der Waals surface area contributed by atoms with E-state index in [2.05, 4.69) is 6.92 Å². The lowest BCUT2D eigenvalue weighted by molar-refractivity contribution is -0.0696. The summed E-state index contributed by atoms with van der Waals surface area (Å²) in [5, 5.41) is -0.599. The van der Waals surface area contributed by atoms with Gasteiger partial charge in [-0.2, -0.15) is 13.2 Å². The molecule has 0 amide bonds. The van der Waals surface area contributed by atoms with Crippen molar-refractivity contribution in [1.29, 1.82) is 0 Å². The van der Waals surface area contributed by atoms with Gasteiger partial charge in [0.25, 0.3) is 0 Å². The first-order valence-electron chi connectivity index (χ1n) is 13.0. The molecule has 2 unspecified atom stereocenters. The first kappa shape index (κ1) is 26.9. The first-order chi connectivity index (χ1) is 17.1. The summed E-state index contributed by atoms with van der Waals surface area (Å²) in [6.45, 7) is 3.00. The minimum absolute atomic E-state index is 0.0409. The Hall–Kier alpha value is -2.20. The van der Waals surface area contributed by atoms with E-state index in [-0.39, 0.29) is 11.5 Å². The lowest BCUT2D eigenvalue weighted by Gasteiger charge is -2.38. The zero-order chi connectivity index (χ0) is 25.9. The summed E-state index contributed by atoms with van der Waals surface area (Å²) in [6.07, 6.45) is 6.17. The van der Waals surface area contributed by atoms with Crippen LogP contribution in [0.4, 0.5) is 26.3 Å². The van der Waals surface area contributed by atoms with Crippen LogP contribution in [0.2, 0.25) is 0 Å². The van der Waals surface area contributed by atoms with Crippen molar-refractivity contribution >= 4 is 10.8 Å². The highest BCUT2D eigenvalue weighted by Crippen LogP contribution is 2.39. The molecule has 1 nitrogen and oxygen atoms in total. The number of benzene rings is 2. The van der Waals surface area contributed by atoms with Crippen LogP contribution in [0, 0.1) is 47.0 Å². The third kappa shape index (κ3) is 6.56. The number of alkyl halides is 3. The van der Waals surface area contributed by atoms with E-state index in [9.17, 15) is 26.3 Å². The van der Waals surface area contributed by atoms with E-state index in [4.69, 9.17) is 4.74 Å². The molecule has 36 heavy (non-hydrogen) atoms. The average Bonchev–Trinajstić information content (AvgIpc) is 2.82. The van der Waals surface area contributed by atoms with Crippen molar-refractivity contribution in [3.63, 3.8) is 0 Å². The van der Waals surface area contributed by atoms with E-state index in [0.29, 0.717) is 24.3 Å². The Labute approximate surface area is 208 Å². The molecule has 1 heterocycles. The van der Waals surface area contributed by atoms with Crippen LogP contribution in [0.3, 0.4) is 0 Å². The fourth-order valence-electron chi connectivity index (χ4n) is 5.97. The number of aryl methyl sites for hydroxylation is 1. The van der Waals surface area contributed by atoms with Gasteiger partial charge in [0.2, 0.25) is 0 Å². The molecule has 2 aromatic carbocycles. The molecule has 1 saturated heterocycles. The number of hydrogen-bond donors (Lipinski definition) is 0. The highest BCUT2D eigenvalue weighted by molar-refractivity contribution is 5.86. The average molecular weight is 511 g/mol. The second-order valence-electron chi connectivity index (χ2n) is 10.4. The number of rotatable bonds is 6. The van der Waals surface area contributed by atoms with E-state index in [0.717, 1.165) is 49.3 Å². The summed E-state index contributed by atoms with van der Waals surface area (Å²) in [6, 6.07) is 3.47. The highest BCUT2D eigenvalue weighted by atomic mass is 19.4. The third-order valence-electron chi connectivity index (χ3n) is 7.89. The minimum Gasteiger partial charge on any atom is -0.378 e.